The molecular formula is C11H9F5NO2. The van der Waals surface area contributed by atoms with E-state index in [1.165, 1.54) is 0 Å². The second-order valence-corrected chi connectivity index (χ2v) is 3.41. The maximum atomic E-state index is 13.0. The number of carbonyl (C=O) groups excluding carboxylic acids is 1. The Kier molecular flexibility index (Phi) is 4.33. The van der Waals surface area contributed by atoms with E-state index in [9.17, 15) is 26.7 Å². The lowest BCUT2D eigenvalue weighted by Crippen LogP contribution is -2.33. The number of anilines is 1. The number of rotatable bonds is 3. The first-order valence-corrected chi connectivity index (χ1v) is 4.96. The van der Waals surface area contributed by atoms with Gasteiger partial charge in [-0.25, -0.2) is 4.79 Å². The highest BCUT2D eigenvalue weighted by Crippen LogP contribution is 2.44. The summed E-state index contributed by atoms with van der Waals surface area (Å²) >= 11 is 0. The first-order chi connectivity index (χ1) is 8.68. The van der Waals surface area contributed by atoms with Crippen LogP contribution in [-0.4, -0.2) is 18.9 Å². The minimum atomic E-state index is -5.71. The molecule has 0 unspecified atom stereocenters. The van der Waals surface area contributed by atoms with E-state index in [0.717, 1.165) is 12.1 Å². The monoisotopic (exact) mass is 282 g/mol. The average molecular weight is 282 g/mol. The second kappa shape index (κ2) is 5.41. The third-order valence-corrected chi connectivity index (χ3v) is 2.06. The van der Waals surface area contributed by atoms with Crippen LogP contribution in [0.3, 0.4) is 0 Å². The number of ether oxygens (including phenoxy) is 1. The summed E-state index contributed by atoms with van der Waals surface area (Å²) in [6.07, 6.45) is -6.71. The number of nitrogens with one attached hydrogen (secondary N) is 1. The largest absolute Gasteiger partial charge is 0.458 e. The van der Waals surface area contributed by atoms with Crippen molar-refractivity contribution in [1.82, 2.24) is 0 Å². The van der Waals surface area contributed by atoms with Gasteiger partial charge in [-0.05, 0) is 19.1 Å². The van der Waals surface area contributed by atoms with E-state index in [2.05, 4.69) is 11.7 Å². The average Bonchev–Trinajstić information content (AvgIpc) is 2.28. The first-order valence-electron chi connectivity index (χ1n) is 4.96. The molecule has 3 nitrogen and oxygen atoms in total. The molecule has 0 aliphatic carbocycles. The third kappa shape index (κ3) is 3.55. The van der Waals surface area contributed by atoms with Gasteiger partial charge in [0.2, 0.25) is 0 Å². The van der Waals surface area contributed by atoms with Crippen molar-refractivity contribution in [1.29, 1.82) is 0 Å². The Morgan fingerprint density at radius 2 is 1.89 bits per heavy atom. The molecule has 0 atom stereocenters. The first kappa shape index (κ1) is 15.2. The van der Waals surface area contributed by atoms with Crippen molar-refractivity contribution in [3.05, 3.63) is 36.8 Å². The molecule has 1 aromatic rings. The molecule has 1 radical (unpaired) electrons. The van der Waals surface area contributed by atoms with Crippen LogP contribution in [0.25, 0.3) is 0 Å². The van der Waals surface area contributed by atoms with Crippen LogP contribution in [-0.2, 0) is 10.7 Å². The molecule has 1 N–H and O–H groups in total. The highest BCUT2D eigenvalue weighted by molar-refractivity contribution is 5.84. The second-order valence-electron chi connectivity index (χ2n) is 3.41. The molecule has 8 heteroatoms. The number of carbonyl (C=O) groups is 1. The van der Waals surface area contributed by atoms with Crippen LogP contribution in [0.1, 0.15) is 5.56 Å². The van der Waals surface area contributed by atoms with Crippen molar-refractivity contribution in [2.75, 3.05) is 11.9 Å². The van der Waals surface area contributed by atoms with Gasteiger partial charge in [-0.3, -0.25) is 5.32 Å². The van der Waals surface area contributed by atoms with Crippen LogP contribution in [0.15, 0.2) is 24.3 Å². The predicted octanol–water partition coefficient (Wildman–Crippen LogP) is 3.72. The Balaban J connectivity index is 2.98. The van der Waals surface area contributed by atoms with Gasteiger partial charge in [0.15, 0.2) is 0 Å². The van der Waals surface area contributed by atoms with Gasteiger partial charge in [-0.15, -0.1) is 0 Å². The van der Waals surface area contributed by atoms with Crippen molar-refractivity contribution in [2.24, 2.45) is 0 Å². The van der Waals surface area contributed by atoms with Gasteiger partial charge in [-0.2, -0.15) is 22.0 Å². The van der Waals surface area contributed by atoms with E-state index in [1.807, 2.05) is 5.32 Å². The minimum absolute atomic E-state index is 0.204. The van der Waals surface area contributed by atoms with Gasteiger partial charge in [0.05, 0.1) is 6.61 Å². The van der Waals surface area contributed by atoms with Crippen molar-refractivity contribution in [3.8, 4) is 0 Å². The normalized spacial score (nSPS) is 12.1. The van der Waals surface area contributed by atoms with E-state index in [4.69, 9.17) is 0 Å². The Hall–Kier alpha value is -1.86. The van der Waals surface area contributed by atoms with E-state index in [-0.39, 0.29) is 12.3 Å². The van der Waals surface area contributed by atoms with E-state index >= 15 is 0 Å². The van der Waals surface area contributed by atoms with Gasteiger partial charge in [0, 0.05) is 11.3 Å². The van der Waals surface area contributed by atoms with Gasteiger partial charge < -0.3 is 4.74 Å². The molecule has 0 saturated heterocycles. The molecule has 1 rings (SSSR count). The number of halogens is 5. The standard InChI is InChI=1S/C11H9F5NO2/c1-2-19-9(18)17-8-5-3-4-7(6-8)10(12,13)11(14,15)16/h3-6H,1-2H2,(H,17,18). The molecule has 105 valence electrons. The number of benzene rings is 1. The van der Waals surface area contributed by atoms with Gasteiger partial charge >= 0.3 is 18.2 Å². The zero-order chi connectivity index (χ0) is 14.7. The van der Waals surface area contributed by atoms with Crippen LogP contribution in [0.4, 0.5) is 32.4 Å². The molecule has 1 aromatic carbocycles. The fraction of sp³-hybridized carbons (Fsp3) is 0.273. The molecule has 0 bridgehead atoms. The summed E-state index contributed by atoms with van der Waals surface area (Å²) in [7, 11) is 0. The number of hydrogen-bond acceptors (Lipinski definition) is 2. The third-order valence-electron chi connectivity index (χ3n) is 2.06. The van der Waals surface area contributed by atoms with Crippen LogP contribution >= 0.6 is 0 Å². The van der Waals surface area contributed by atoms with Crippen molar-refractivity contribution < 1.29 is 31.5 Å². The summed E-state index contributed by atoms with van der Waals surface area (Å²) in [5.74, 6) is -5.00. The van der Waals surface area contributed by atoms with E-state index in [0.29, 0.717) is 12.1 Å². The molecule has 0 heterocycles. The van der Waals surface area contributed by atoms with Gasteiger partial charge in [0.1, 0.15) is 0 Å². The predicted molar refractivity (Wildman–Crippen MR) is 56.7 cm³/mol. The SMILES string of the molecule is [CH2]COC(=O)Nc1cccc(C(F)(F)C(F)(F)F)c1. The number of hydrogen-bond donors (Lipinski definition) is 1. The summed E-state index contributed by atoms with van der Waals surface area (Å²) in [5, 5.41) is 2.00. The zero-order valence-corrected chi connectivity index (χ0v) is 9.43. The number of alkyl halides is 5. The molecule has 19 heavy (non-hydrogen) atoms. The number of amides is 1. The lowest BCUT2D eigenvalue weighted by molar-refractivity contribution is -0.289. The summed E-state index contributed by atoms with van der Waals surface area (Å²) in [4.78, 5) is 11.0. The van der Waals surface area contributed by atoms with Crippen molar-refractivity contribution >= 4 is 11.8 Å². The smallest absolute Gasteiger partial charge is 0.449 e. The van der Waals surface area contributed by atoms with Crippen LogP contribution in [0, 0.1) is 6.92 Å². The summed E-state index contributed by atoms with van der Waals surface area (Å²) in [6, 6.07) is 3.26. The fourth-order valence-corrected chi connectivity index (χ4v) is 1.20. The molecule has 0 saturated carbocycles. The summed E-state index contributed by atoms with van der Waals surface area (Å²) in [6.45, 7) is 3.00. The molecular weight excluding hydrogens is 273 g/mol. The lowest BCUT2D eigenvalue weighted by Gasteiger charge is -2.20. The molecule has 0 aliphatic heterocycles. The Morgan fingerprint density at radius 3 is 2.42 bits per heavy atom. The summed E-state index contributed by atoms with van der Waals surface area (Å²) < 4.78 is 67.0. The maximum Gasteiger partial charge on any atom is 0.458 e. The van der Waals surface area contributed by atoms with Crippen LogP contribution < -0.4 is 5.32 Å². The summed E-state index contributed by atoms with van der Waals surface area (Å²) in [5.41, 5.74) is -1.51. The van der Waals surface area contributed by atoms with Crippen LogP contribution in [0.2, 0.25) is 0 Å². The lowest BCUT2D eigenvalue weighted by atomic mass is 10.1. The zero-order valence-electron chi connectivity index (χ0n) is 9.43. The Labute approximate surface area is 105 Å². The van der Waals surface area contributed by atoms with Gasteiger partial charge in [-0.1, -0.05) is 12.1 Å². The van der Waals surface area contributed by atoms with Crippen LogP contribution in [0.5, 0.6) is 0 Å². The molecule has 0 aromatic heterocycles. The molecule has 0 aliphatic rings. The highest BCUT2D eigenvalue weighted by atomic mass is 19.4. The molecule has 0 fully saturated rings. The molecule has 0 spiro atoms. The molecule has 1 amide bonds. The topological polar surface area (TPSA) is 38.3 Å². The minimum Gasteiger partial charge on any atom is -0.449 e. The quantitative estimate of drug-likeness (QED) is 0.858. The van der Waals surface area contributed by atoms with Crippen molar-refractivity contribution in [3.63, 3.8) is 0 Å². The van der Waals surface area contributed by atoms with E-state index < -0.39 is 23.8 Å². The Bertz CT molecular complexity index is 459. The Morgan fingerprint density at radius 1 is 1.26 bits per heavy atom. The van der Waals surface area contributed by atoms with E-state index in [1.54, 1.807) is 0 Å². The van der Waals surface area contributed by atoms with Gasteiger partial charge in [0.25, 0.3) is 0 Å². The van der Waals surface area contributed by atoms with Crippen molar-refractivity contribution in [2.45, 2.75) is 12.1 Å². The fourth-order valence-electron chi connectivity index (χ4n) is 1.20. The maximum absolute atomic E-state index is 13.0. The highest BCUT2D eigenvalue weighted by Gasteiger charge is 2.58.